The van der Waals surface area contributed by atoms with E-state index >= 15 is 0 Å². The number of nitrogens with zero attached hydrogens (tertiary/aromatic N) is 1. The van der Waals surface area contributed by atoms with Crippen LogP contribution in [0.5, 0.6) is 0 Å². The Morgan fingerprint density at radius 1 is 1.22 bits per heavy atom. The lowest BCUT2D eigenvalue weighted by Gasteiger charge is -2.34. The first-order valence-corrected chi connectivity index (χ1v) is 11.2. The molecule has 0 aromatic heterocycles. The predicted octanol–water partition coefficient (Wildman–Crippen LogP) is 2.65. The van der Waals surface area contributed by atoms with Crippen molar-refractivity contribution in [2.45, 2.75) is 30.9 Å². The Hall–Kier alpha value is -0.580. The van der Waals surface area contributed by atoms with Crippen LogP contribution in [-0.4, -0.2) is 58.2 Å². The molecule has 0 saturated carbocycles. The van der Waals surface area contributed by atoms with Crippen LogP contribution in [0.2, 0.25) is 5.02 Å². The van der Waals surface area contributed by atoms with Crippen molar-refractivity contribution >= 4 is 51.4 Å². The van der Waals surface area contributed by atoms with E-state index in [2.05, 4.69) is 15.6 Å². The van der Waals surface area contributed by atoms with Crippen LogP contribution < -0.4 is 10.6 Å². The van der Waals surface area contributed by atoms with E-state index in [-0.39, 0.29) is 30.5 Å². The Kier molecular flexibility index (Phi) is 10.4. The Morgan fingerprint density at radius 3 is 2.41 bits per heavy atom. The lowest BCUT2D eigenvalue weighted by molar-refractivity contribution is 0.0768. The van der Waals surface area contributed by atoms with Gasteiger partial charge in [0.25, 0.3) is 0 Å². The van der Waals surface area contributed by atoms with Gasteiger partial charge in [-0.25, -0.2) is 8.42 Å². The molecule has 1 heterocycles. The molecular formula is C18H29ClIN3O3S. The molecule has 9 heteroatoms. The molecule has 1 saturated heterocycles. The van der Waals surface area contributed by atoms with Crippen molar-refractivity contribution in [1.29, 1.82) is 0 Å². The van der Waals surface area contributed by atoms with Crippen LogP contribution >= 0.6 is 35.6 Å². The number of halogens is 2. The van der Waals surface area contributed by atoms with E-state index in [9.17, 15) is 8.42 Å². The molecule has 0 unspecified atom stereocenters. The number of rotatable bonds is 7. The van der Waals surface area contributed by atoms with Crippen LogP contribution in [0.4, 0.5) is 0 Å². The Bertz CT molecular complexity index is 705. The van der Waals surface area contributed by atoms with E-state index in [1.807, 2.05) is 31.2 Å². The average Bonchev–Trinajstić information content (AvgIpc) is 2.61. The molecule has 1 aromatic rings. The molecule has 1 aromatic carbocycles. The molecule has 27 heavy (non-hydrogen) atoms. The summed E-state index contributed by atoms with van der Waals surface area (Å²) in [5.74, 6) is 0.635. The molecule has 0 radical (unpaired) electrons. The largest absolute Gasteiger partial charge is 0.381 e. The summed E-state index contributed by atoms with van der Waals surface area (Å²) in [5, 5.41) is 7.17. The van der Waals surface area contributed by atoms with E-state index in [1.165, 1.54) is 11.8 Å². The summed E-state index contributed by atoms with van der Waals surface area (Å²) in [6, 6.07) is 7.73. The van der Waals surface area contributed by atoms with Gasteiger partial charge in [0.05, 0.1) is 11.3 Å². The van der Waals surface area contributed by atoms with Crippen molar-refractivity contribution in [3.8, 4) is 0 Å². The van der Waals surface area contributed by atoms with Gasteiger partial charge in [-0.2, -0.15) is 0 Å². The molecule has 0 spiro atoms. The van der Waals surface area contributed by atoms with Gasteiger partial charge in [0, 0.05) is 37.6 Å². The third-order valence-corrected chi connectivity index (χ3v) is 7.04. The molecule has 0 atom stereocenters. The lowest BCUT2D eigenvalue weighted by atomic mass is 9.99. The van der Waals surface area contributed by atoms with Crippen molar-refractivity contribution in [2.75, 3.05) is 39.1 Å². The maximum atomic E-state index is 12.3. The molecular weight excluding hydrogens is 501 g/mol. The van der Waals surface area contributed by atoms with Gasteiger partial charge in [0.15, 0.2) is 15.8 Å². The summed E-state index contributed by atoms with van der Waals surface area (Å²) < 4.78 is 29.2. The minimum Gasteiger partial charge on any atom is -0.381 e. The van der Waals surface area contributed by atoms with Crippen LogP contribution in [0.1, 0.15) is 25.3 Å². The van der Waals surface area contributed by atoms with Crippen LogP contribution in [0.15, 0.2) is 29.3 Å². The second-order valence-corrected chi connectivity index (χ2v) is 9.41. The molecule has 1 aliphatic heterocycles. The highest BCUT2D eigenvalue weighted by molar-refractivity contribution is 14.0. The summed E-state index contributed by atoms with van der Waals surface area (Å²) in [4.78, 5) is 4.56. The minimum absolute atomic E-state index is 0. The third kappa shape index (κ3) is 7.40. The molecule has 154 valence electrons. The van der Waals surface area contributed by atoms with Gasteiger partial charge in [-0.05, 0) is 43.9 Å². The standard InChI is InChI=1S/C18H28ClN3O3S.HI/c1-3-20-17(21-11-8-15-4-6-16(19)7-5-15)22-14-18(26(2,23)24)9-12-25-13-10-18;/h4-7H,3,8-14H2,1-2H3,(H2,20,21,22);1H. The van der Waals surface area contributed by atoms with Crippen molar-refractivity contribution in [3.05, 3.63) is 34.9 Å². The quantitative estimate of drug-likeness (QED) is 0.323. The Balaban J connectivity index is 0.00000364. The minimum atomic E-state index is -3.22. The number of hydrogen-bond donors (Lipinski definition) is 2. The van der Waals surface area contributed by atoms with Crippen molar-refractivity contribution in [2.24, 2.45) is 4.99 Å². The fraction of sp³-hybridized carbons (Fsp3) is 0.611. The summed E-state index contributed by atoms with van der Waals surface area (Å²) >= 11 is 5.90. The second-order valence-electron chi connectivity index (χ2n) is 6.57. The van der Waals surface area contributed by atoms with Gasteiger partial charge in [0.2, 0.25) is 0 Å². The first-order valence-electron chi connectivity index (χ1n) is 8.90. The first kappa shape index (κ1) is 24.5. The van der Waals surface area contributed by atoms with Gasteiger partial charge < -0.3 is 15.4 Å². The maximum Gasteiger partial charge on any atom is 0.191 e. The molecule has 2 N–H and O–H groups in total. The van der Waals surface area contributed by atoms with Gasteiger partial charge in [-0.15, -0.1) is 24.0 Å². The van der Waals surface area contributed by atoms with Gasteiger partial charge >= 0.3 is 0 Å². The smallest absolute Gasteiger partial charge is 0.191 e. The number of benzene rings is 1. The highest BCUT2D eigenvalue weighted by Gasteiger charge is 2.42. The predicted molar refractivity (Wildman–Crippen MR) is 122 cm³/mol. The van der Waals surface area contributed by atoms with Gasteiger partial charge in [-0.3, -0.25) is 4.99 Å². The highest BCUT2D eigenvalue weighted by atomic mass is 127. The average molecular weight is 530 g/mol. The zero-order chi connectivity index (χ0) is 19.0. The van der Waals surface area contributed by atoms with E-state index in [1.54, 1.807) is 0 Å². The van der Waals surface area contributed by atoms with E-state index in [4.69, 9.17) is 16.3 Å². The summed E-state index contributed by atoms with van der Waals surface area (Å²) in [7, 11) is -3.22. The van der Waals surface area contributed by atoms with Gasteiger partial charge in [0.1, 0.15) is 0 Å². The SMILES string of the molecule is CCNC(=NCC1(S(C)(=O)=O)CCOCC1)NCCc1ccc(Cl)cc1.I. The van der Waals surface area contributed by atoms with E-state index in [0.717, 1.165) is 11.4 Å². The van der Waals surface area contributed by atoms with Gasteiger partial charge in [-0.1, -0.05) is 23.7 Å². The molecule has 0 bridgehead atoms. The number of sulfone groups is 1. The number of aliphatic imine (C=N–C) groups is 1. The molecule has 1 aliphatic rings. The first-order chi connectivity index (χ1) is 12.4. The summed E-state index contributed by atoms with van der Waals surface area (Å²) in [5.41, 5.74) is 1.18. The Labute approximate surface area is 184 Å². The lowest BCUT2D eigenvalue weighted by Crippen LogP contribution is -2.47. The number of nitrogens with one attached hydrogen (secondary N) is 2. The number of ether oxygens (including phenoxy) is 1. The Morgan fingerprint density at radius 2 is 1.85 bits per heavy atom. The van der Waals surface area contributed by atoms with Crippen LogP contribution in [0.3, 0.4) is 0 Å². The molecule has 0 amide bonds. The van der Waals surface area contributed by atoms with Crippen LogP contribution in [0, 0.1) is 0 Å². The summed E-state index contributed by atoms with van der Waals surface area (Å²) in [6.07, 6.45) is 3.10. The second kappa shape index (κ2) is 11.4. The third-order valence-electron chi connectivity index (χ3n) is 4.68. The maximum absolute atomic E-state index is 12.3. The molecule has 0 aliphatic carbocycles. The van der Waals surface area contributed by atoms with E-state index in [0.29, 0.717) is 45.1 Å². The topological polar surface area (TPSA) is 79.8 Å². The van der Waals surface area contributed by atoms with Crippen LogP contribution in [-0.2, 0) is 21.0 Å². The van der Waals surface area contributed by atoms with Crippen molar-refractivity contribution in [3.63, 3.8) is 0 Å². The molecule has 1 fully saturated rings. The highest BCUT2D eigenvalue weighted by Crippen LogP contribution is 2.29. The molecule has 2 rings (SSSR count). The van der Waals surface area contributed by atoms with Crippen LogP contribution in [0.25, 0.3) is 0 Å². The van der Waals surface area contributed by atoms with Crippen molar-refractivity contribution in [1.82, 2.24) is 10.6 Å². The summed E-state index contributed by atoms with van der Waals surface area (Å²) in [6.45, 7) is 4.55. The fourth-order valence-corrected chi connectivity index (χ4v) is 4.26. The van der Waals surface area contributed by atoms with E-state index < -0.39 is 14.6 Å². The van der Waals surface area contributed by atoms with Crippen molar-refractivity contribution < 1.29 is 13.2 Å². The number of guanidine groups is 1. The number of hydrogen-bond acceptors (Lipinski definition) is 4. The fourth-order valence-electron chi connectivity index (χ4n) is 2.93. The normalized spacial score (nSPS) is 17.1. The zero-order valence-corrected chi connectivity index (χ0v) is 19.7. The molecule has 6 nitrogen and oxygen atoms in total. The zero-order valence-electron chi connectivity index (χ0n) is 15.8. The monoisotopic (exact) mass is 529 g/mol.